The SMILES string of the molecule is C=C(C)C(=O)Nc1ccc(-c2c(-c3ccc(Oc4ncc(C)cn4)cc3)c3c(N)ncnc3n2C)cc1. The summed E-state index contributed by atoms with van der Waals surface area (Å²) >= 11 is 0. The van der Waals surface area contributed by atoms with Gasteiger partial charge < -0.3 is 20.4 Å². The van der Waals surface area contributed by atoms with Crippen LogP contribution < -0.4 is 15.8 Å². The summed E-state index contributed by atoms with van der Waals surface area (Å²) in [7, 11) is 1.94. The first-order chi connectivity index (χ1) is 17.8. The van der Waals surface area contributed by atoms with Crippen LogP contribution in [-0.2, 0) is 11.8 Å². The van der Waals surface area contributed by atoms with Crippen molar-refractivity contribution in [3.63, 3.8) is 0 Å². The Kier molecular flexibility index (Phi) is 6.10. The third-order valence-electron chi connectivity index (χ3n) is 5.91. The highest BCUT2D eigenvalue weighted by molar-refractivity contribution is 6.08. The molecule has 0 fully saturated rings. The highest BCUT2D eigenvalue weighted by atomic mass is 16.5. The van der Waals surface area contributed by atoms with Crippen molar-refractivity contribution in [3.05, 3.63) is 85.0 Å². The molecule has 9 heteroatoms. The minimum absolute atomic E-state index is 0.223. The van der Waals surface area contributed by atoms with Gasteiger partial charge in [-0.3, -0.25) is 4.79 Å². The quantitative estimate of drug-likeness (QED) is 0.310. The van der Waals surface area contributed by atoms with E-state index in [0.29, 0.717) is 28.5 Å². The number of benzene rings is 2. The molecule has 37 heavy (non-hydrogen) atoms. The minimum atomic E-state index is -0.223. The van der Waals surface area contributed by atoms with Gasteiger partial charge >= 0.3 is 6.01 Å². The Morgan fingerprint density at radius 2 is 1.62 bits per heavy atom. The molecule has 0 unspecified atom stereocenters. The van der Waals surface area contributed by atoms with Crippen molar-refractivity contribution in [2.24, 2.45) is 7.05 Å². The monoisotopic (exact) mass is 491 g/mol. The summed E-state index contributed by atoms with van der Waals surface area (Å²) < 4.78 is 7.79. The maximum absolute atomic E-state index is 12.0. The Labute approximate surface area is 213 Å². The van der Waals surface area contributed by atoms with E-state index in [9.17, 15) is 4.79 Å². The molecule has 0 saturated heterocycles. The summed E-state index contributed by atoms with van der Waals surface area (Å²) in [6.07, 6.45) is 4.87. The standard InChI is InChI=1S/C28H25N7O2/c1-16(2)27(36)34-20-9-5-19(6-10-20)24-22(23-25(29)32-15-33-26(23)35(24)4)18-7-11-21(12-8-18)37-28-30-13-17(3)14-31-28/h5-15H,1H2,2-4H3,(H,34,36)(H2,29,32,33). The lowest BCUT2D eigenvalue weighted by molar-refractivity contribution is -0.112. The molecule has 3 N–H and O–H groups in total. The van der Waals surface area contributed by atoms with Gasteiger partial charge in [0.05, 0.1) is 11.1 Å². The summed E-state index contributed by atoms with van der Waals surface area (Å²) in [4.78, 5) is 29.1. The Balaban J connectivity index is 1.57. The van der Waals surface area contributed by atoms with Crippen molar-refractivity contribution in [3.8, 4) is 34.1 Å². The predicted octanol–water partition coefficient (Wildman–Crippen LogP) is 5.29. The molecule has 2 aromatic carbocycles. The van der Waals surface area contributed by atoms with E-state index in [4.69, 9.17) is 10.5 Å². The maximum atomic E-state index is 12.0. The number of nitrogen functional groups attached to an aromatic ring is 1. The highest BCUT2D eigenvalue weighted by Gasteiger charge is 2.22. The van der Waals surface area contributed by atoms with Crippen molar-refractivity contribution < 1.29 is 9.53 Å². The summed E-state index contributed by atoms with van der Waals surface area (Å²) in [5.41, 5.74) is 12.8. The van der Waals surface area contributed by atoms with Crippen molar-refractivity contribution in [1.82, 2.24) is 24.5 Å². The zero-order chi connectivity index (χ0) is 26.1. The van der Waals surface area contributed by atoms with Gasteiger partial charge in [-0.25, -0.2) is 19.9 Å². The Bertz CT molecular complexity index is 1620. The van der Waals surface area contributed by atoms with Crippen LogP contribution in [0.1, 0.15) is 12.5 Å². The first-order valence-electron chi connectivity index (χ1n) is 11.5. The summed E-state index contributed by atoms with van der Waals surface area (Å²) in [5, 5.41) is 3.59. The Hall–Kier alpha value is -5.05. The second kappa shape index (κ2) is 9.54. The van der Waals surface area contributed by atoms with E-state index in [1.807, 2.05) is 67.1 Å². The van der Waals surface area contributed by atoms with Gasteiger partial charge in [-0.1, -0.05) is 30.8 Å². The highest BCUT2D eigenvalue weighted by Crippen LogP contribution is 2.42. The van der Waals surface area contributed by atoms with Crippen LogP contribution >= 0.6 is 0 Å². The molecule has 0 saturated carbocycles. The van der Waals surface area contributed by atoms with Crippen LogP contribution in [0.3, 0.4) is 0 Å². The third kappa shape index (κ3) is 4.62. The van der Waals surface area contributed by atoms with Crippen molar-refractivity contribution in [1.29, 1.82) is 0 Å². The smallest absolute Gasteiger partial charge is 0.321 e. The maximum Gasteiger partial charge on any atom is 0.321 e. The zero-order valence-electron chi connectivity index (χ0n) is 20.7. The molecule has 0 aliphatic heterocycles. The molecular formula is C28H25N7O2. The number of nitrogens with two attached hydrogens (primary N) is 1. The van der Waals surface area contributed by atoms with Gasteiger partial charge in [-0.05, 0) is 54.8 Å². The average molecular weight is 492 g/mol. The molecule has 3 aromatic heterocycles. The second-order valence-electron chi connectivity index (χ2n) is 8.72. The number of amides is 1. The van der Waals surface area contributed by atoms with Crippen molar-refractivity contribution >= 4 is 28.4 Å². The Morgan fingerprint density at radius 1 is 0.973 bits per heavy atom. The largest absolute Gasteiger partial charge is 0.424 e. The van der Waals surface area contributed by atoms with E-state index < -0.39 is 0 Å². The van der Waals surface area contributed by atoms with Crippen LogP contribution in [0.2, 0.25) is 0 Å². The van der Waals surface area contributed by atoms with Crippen LogP contribution in [-0.4, -0.2) is 30.4 Å². The molecule has 3 heterocycles. The van der Waals surface area contributed by atoms with Gasteiger partial charge in [0.15, 0.2) is 0 Å². The number of hydrogen-bond donors (Lipinski definition) is 2. The van der Waals surface area contributed by atoms with Crippen LogP contribution in [0, 0.1) is 6.92 Å². The lowest BCUT2D eigenvalue weighted by Crippen LogP contribution is -2.11. The number of nitrogens with one attached hydrogen (secondary N) is 1. The fraction of sp³-hybridized carbons (Fsp3) is 0.107. The number of aryl methyl sites for hydroxylation is 2. The van der Waals surface area contributed by atoms with Crippen LogP contribution in [0.15, 0.2) is 79.4 Å². The van der Waals surface area contributed by atoms with E-state index in [0.717, 1.165) is 33.3 Å². The number of carbonyl (C=O) groups excluding carboxylic acids is 1. The first-order valence-corrected chi connectivity index (χ1v) is 11.5. The number of carbonyl (C=O) groups is 1. The van der Waals surface area contributed by atoms with Gasteiger partial charge in [0.2, 0.25) is 0 Å². The van der Waals surface area contributed by atoms with Crippen molar-refractivity contribution in [2.45, 2.75) is 13.8 Å². The van der Waals surface area contributed by atoms with E-state index in [1.165, 1.54) is 6.33 Å². The number of ether oxygens (including phenoxy) is 1. The van der Waals surface area contributed by atoms with Gasteiger partial charge in [0, 0.05) is 36.3 Å². The topological polar surface area (TPSA) is 121 Å². The average Bonchev–Trinajstić information content (AvgIpc) is 3.20. The van der Waals surface area contributed by atoms with Gasteiger partial charge in [-0.15, -0.1) is 0 Å². The van der Waals surface area contributed by atoms with Crippen molar-refractivity contribution in [2.75, 3.05) is 11.1 Å². The third-order valence-corrected chi connectivity index (χ3v) is 5.91. The lowest BCUT2D eigenvalue weighted by Gasteiger charge is -2.11. The zero-order valence-corrected chi connectivity index (χ0v) is 20.7. The molecule has 0 aliphatic rings. The fourth-order valence-corrected chi connectivity index (χ4v) is 4.07. The summed E-state index contributed by atoms with van der Waals surface area (Å²) in [6, 6.07) is 15.5. The lowest BCUT2D eigenvalue weighted by atomic mass is 9.98. The normalized spacial score (nSPS) is 10.9. The van der Waals surface area contributed by atoms with Crippen LogP contribution in [0.5, 0.6) is 11.8 Å². The molecule has 0 aliphatic carbocycles. The van der Waals surface area contributed by atoms with Gasteiger partial charge in [0.25, 0.3) is 5.91 Å². The van der Waals surface area contributed by atoms with Crippen LogP contribution in [0.4, 0.5) is 11.5 Å². The van der Waals surface area contributed by atoms with E-state index in [2.05, 4.69) is 31.8 Å². The Morgan fingerprint density at radius 3 is 2.27 bits per heavy atom. The molecule has 184 valence electrons. The number of nitrogens with zero attached hydrogens (tertiary/aromatic N) is 5. The molecule has 0 spiro atoms. The fourth-order valence-electron chi connectivity index (χ4n) is 4.07. The molecule has 5 aromatic rings. The number of hydrogen-bond acceptors (Lipinski definition) is 7. The van der Waals surface area contributed by atoms with E-state index in [1.54, 1.807) is 19.3 Å². The number of fused-ring (bicyclic) bond motifs is 1. The number of aromatic nitrogens is 5. The molecule has 0 radical (unpaired) electrons. The van der Waals surface area contributed by atoms with Crippen LogP contribution in [0.25, 0.3) is 33.4 Å². The second-order valence-corrected chi connectivity index (χ2v) is 8.72. The molecular weight excluding hydrogens is 466 g/mol. The molecule has 9 nitrogen and oxygen atoms in total. The summed E-state index contributed by atoms with van der Waals surface area (Å²) in [6.45, 7) is 7.27. The molecule has 0 bridgehead atoms. The number of rotatable bonds is 6. The van der Waals surface area contributed by atoms with E-state index >= 15 is 0 Å². The van der Waals surface area contributed by atoms with Gasteiger partial charge in [-0.2, -0.15) is 0 Å². The first kappa shape index (κ1) is 23.7. The predicted molar refractivity (Wildman–Crippen MR) is 144 cm³/mol. The summed E-state index contributed by atoms with van der Waals surface area (Å²) in [5.74, 6) is 0.774. The van der Waals surface area contributed by atoms with Gasteiger partial charge in [0.1, 0.15) is 23.5 Å². The molecule has 5 rings (SSSR count). The number of anilines is 2. The molecule has 1 amide bonds. The van der Waals surface area contributed by atoms with E-state index in [-0.39, 0.29) is 11.9 Å². The minimum Gasteiger partial charge on any atom is -0.424 e. The molecule has 0 atom stereocenters.